The first-order valence-corrected chi connectivity index (χ1v) is 10.2. The van der Waals surface area contributed by atoms with Crippen LogP contribution in [0.4, 0.5) is 0 Å². The van der Waals surface area contributed by atoms with Gasteiger partial charge in [-0.3, -0.25) is 9.59 Å². The number of carbonyl (C=O) groups excluding carboxylic acids is 2. The van der Waals surface area contributed by atoms with Crippen LogP contribution in [0, 0.1) is 5.41 Å². The van der Waals surface area contributed by atoms with E-state index in [2.05, 4.69) is 10.6 Å². The molecule has 0 fully saturated rings. The van der Waals surface area contributed by atoms with Gasteiger partial charge in [-0.15, -0.1) is 0 Å². The molecule has 1 aromatic carbocycles. The number of benzene rings is 1. The predicted molar refractivity (Wildman–Crippen MR) is 110 cm³/mol. The average Bonchev–Trinajstić information content (AvgIpc) is 2.52. The van der Waals surface area contributed by atoms with Crippen LogP contribution in [0.15, 0.2) is 30.3 Å². The number of nitrogens with one attached hydrogen (secondary N) is 2. The van der Waals surface area contributed by atoms with Crippen molar-refractivity contribution >= 4 is 28.0 Å². The largest absolute Gasteiger partial charge is 0.480 e. The zero-order valence-corrected chi connectivity index (χ0v) is 19.2. The summed E-state index contributed by atoms with van der Waals surface area (Å²) in [4.78, 5) is 36.7. The summed E-state index contributed by atoms with van der Waals surface area (Å²) < 4.78 is 0. The Morgan fingerprint density at radius 2 is 1.56 bits per heavy atom. The van der Waals surface area contributed by atoms with Gasteiger partial charge in [0.1, 0.15) is 10.7 Å². The molecule has 0 aliphatic rings. The maximum atomic E-state index is 13.1. The monoisotopic (exact) mass is 392 g/mol. The number of hydrogen-bond acceptors (Lipinski definition) is 3. The Hall–Kier alpha value is -2.15. The van der Waals surface area contributed by atoms with Crippen LogP contribution >= 0.6 is 0 Å². The number of hydrogen-bond donors (Lipinski definition) is 3. The van der Waals surface area contributed by atoms with Crippen LogP contribution in [0.2, 0.25) is 0 Å². The van der Waals surface area contributed by atoms with Gasteiger partial charge in [0.15, 0.2) is 0 Å². The number of rotatable bonds is 8. The third-order valence-corrected chi connectivity index (χ3v) is 5.65. The molecule has 1 rings (SSSR count). The molecule has 0 radical (unpaired) electrons. The minimum Gasteiger partial charge on any atom is -0.480 e. The van der Waals surface area contributed by atoms with E-state index in [-0.39, 0.29) is 11.3 Å². The van der Waals surface area contributed by atoms with Crippen molar-refractivity contribution in [3.63, 3.8) is 0 Å². The minimum atomic E-state index is -1.39. The highest BCUT2D eigenvalue weighted by Crippen LogP contribution is 2.26. The lowest BCUT2D eigenvalue weighted by molar-refractivity contribution is -0.148. The van der Waals surface area contributed by atoms with Crippen molar-refractivity contribution in [1.82, 2.24) is 10.6 Å². The molecule has 0 aliphatic heterocycles. The number of carboxylic acid groups (broad SMARTS) is 1. The number of carbonyl (C=O) groups is 3. The Morgan fingerprint density at radius 3 is 2.00 bits per heavy atom. The smallest absolute Gasteiger partial charge is 0.329 e. The summed E-state index contributed by atoms with van der Waals surface area (Å²) in [6.45, 7) is 8.97. The Labute approximate surface area is 164 Å². The first-order valence-electron chi connectivity index (χ1n) is 9.16. The van der Waals surface area contributed by atoms with Crippen molar-refractivity contribution in [2.45, 2.75) is 64.6 Å². The van der Waals surface area contributed by atoms with Gasteiger partial charge < -0.3 is 15.7 Å². The highest BCUT2D eigenvalue weighted by Gasteiger charge is 2.42. The molecular weight excluding hydrogens is 360 g/mol. The minimum absolute atomic E-state index is 0.0544. The Kier molecular flexibility index (Phi) is 7.37. The number of aliphatic carboxylic acids is 1. The molecule has 2 amide bonds. The molecule has 1 unspecified atom stereocenters. The second-order valence-corrected chi connectivity index (χ2v) is 10.5. The van der Waals surface area contributed by atoms with Crippen LogP contribution in [0.5, 0.6) is 0 Å². The predicted octanol–water partition coefficient (Wildman–Crippen LogP) is 1.21. The molecule has 6 nitrogen and oxygen atoms in total. The van der Waals surface area contributed by atoms with Gasteiger partial charge in [0.05, 0.1) is 0 Å². The van der Waals surface area contributed by atoms with Crippen LogP contribution in [0.1, 0.15) is 53.0 Å². The van der Waals surface area contributed by atoms with Crippen LogP contribution in [0.3, 0.4) is 0 Å². The molecule has 0 bridgehead atoms. The molecule has 150 valence electrons. The van der Waals surface area contributed by atoms with E-state index >= 15 is 0 Å². The molecule has 0 spiro atoms. The van der Waals surface area contributed by atoms with Crippen molar-refractivity contribution < 1.29 is 19.5 Å². The van der Waals surface area contributed by atoms with Crippen LogP contribution < -0.4 is 10.6 Å². The molecular formula is C20H32N2O4Si. The first kappa shape index (κ1) is 22.9. The summed E-state index contributed by atoms with van der Waals surface area (Å²) in [5.41, 5.74) is -0.542. The zero-order chi connectivity index (χ0) is 20.9. The third kappa shape index (κ3) is 7.17. The summed E-state index contributed by atoms with van der Waals surface area (Å²) in [6.07, 6.45) is 1.27. The summed E-state index contributed by atoms with van der Waals surface area (Å²) in [6, 6.07) is 9.39. The van der Waals surface area contributed by atoms with Gasteiger partial charge in [0.2, 0.25) is 11.8 Å². The Balaban J connectivity index is 3.08. The normalized spacial score (nSPS) is 16.0. The van der Waals surface area contributed by atoms with Crippen molar-refractivity contribution in [1.29, 1.82) is 0 Å². The second kappa shape index (κ2) is 8.69. The second-order valence-electron chi connectivity index (χ2n) is 8.83. The van der Waals surface area contributed by atoms with Crippen molar-refractivity contribution in [2.75, 3.05) is 0 Å². The highest BCUT2D eigenvalue weighted by atomic mass is 28.1. The lowest BCUT2D eigenvalue weighted by Crippen LogP contribution is -2.65. The van der Waals surface area contributed by atoms with E-state index in [1.54, 1.807) is 0 Å². The van der Waals surface area contributed by atoms with Gasteiger partial charge in [0, 0.05) is 23.6 Å². The standard InChI is InChI=1S/C20H32N2O4Si/c1-14(23)21-20(27,13-15-9-7-6-8-10-15)16(24)22-19(5,17(25)26)12-11-18(2,3)4/h6-10H,11-13H2,1-5,27H3,(H,21,23)(H,22,24)(H,25,26)/t19?,20-/m0/s1. The fourth-order valence-electron chi connectivity index (χ4n) is 2.81. The van der Waals surface area contributed by atoms with Crippen molar-refractivity contribution in [2.24, 2.45) is 5.41 Å². The third-order valence-electron chi connectivity index (χ3n) is 4.59. The van der Waals surface area contributed by atoms with Gasteiger partial charge in [-0.05, 0) is 30.7 Å². The van der Waals surface area contributed by atoms with E-state index < -0.39 is 22.6 Å². The molecule has 0 aromatic heterocycles. The van der Waals surface area contributed by atoms with E-state index in [0.29, 0.717) is 29.5 Å². The average molecular weight is 393 g/mol. The maximum Gasteiger partial charge on any atom is 0.329 e. The quantitative estimate of drug-likeness (QED) is 0.580. The van der Waals surface area contributed by atoms with Crippen molar-refractivity contribution in [3.8, 4) is 0 Å². The Morgan fingerprint density at radius 1 is 1.00 bits per heavy atom. The topological polar surface area (TPSA) is 95.5 Å². The van der Waals surface area contributed by atoms with Crippen LogP contribution in [-0.4, -0.2) is 43.8 Å². The molecule has 0 heterocycles. The first-order chi connectivity index (χ1) is 12.3. The fourth-order valence-corrected chi connectivity index (χ4v) is 3.70. The Bertz CT molecular complexity index is 687. The van der Waals surface area contributed by atoms with Crippen LogP contribution in [-0.2, 0) is 20.8 Å². The molecule has 0 saturated heterocycles. The van der Waals surface area contributed by atoms with E-state index in [1.165, 1.54) is 13.8 Å². The van der Waals surface area contributed by atoms with Gasteiger partial charge in [0.25, 0.3) is 0 Å². The molecule has 3 N–H and O–H groups in total. The van der Waals surface area contributed by atoms with Crippen molar-refractivity contribution in [3.05, 3.63) is 35.9 Å². The van der Waals surface area contributed by atoms with Crippen LogP contribution in [0.25, 0.3) is 0 Å². The molecule has 1 aromatic rings. The molecule has 0 aliphatic carbocycles. The van der Waals surface area contributed by atoms with E-state index in [9.17, 15) is 19.5 Å². The maximum absolute atomic E-state index is 13.1. The lowest BCUT2D eigenvalue weighted by Gasteiger charge is -2.35. The van der Waals surface area contributed by atoms with E-state index in [0.717, 1.165) is 5.56 Å². The summed E-state index contributed by atoms with van der Waals surface area (Å²) in [5.74, 6) is -1.85. The summed E-state index contributed by atoms with van der Waals surface area (Å²) in [5, 5.41) is 14.1. The molecule has 7 heteroatoms. The summed E-state index contributed by atoms with van der Waals surface area (Å²) in [7, 11) is 0.332. The van der Waals surface area contributed by atoms with Gasteiger partial charge in [-0.2, -0.15) is 0 Å². The van der Waals surface area contributed by atoms with E-state index in [1.807, 2.05) is 51.1 Å². The molecule has 0 saturated carbocycles. The lowest BCUT2D eigenvalue weighted by atomic mass is 9.83. The van der Waals surface area contributed by atoms with Gasteiger partial charge in [-0.1, -0.05) is 51.1 Å². The number of carboxylic acids is 1. The molecule has 27 heavy (non-hydrogen) atoms. The van der Waals surface area contributed by atoms with Gasteiger partial charge >= 0.3 is 5.97 Å². The fraction of sp³-hybridized carbons (Fsp3) is 0.550. The highest BCUT2D eigenvalue weighted by molar-refractivity contribution is 6.30. The molecule has 2 atom stereocenters. The SMILES string of the molecule is CC(=O)N[C@]([SiH3])(Cc1ccccc1)C(=O)NC(C)(CCC(C)(C)C)C(=O)O. The number of amides is 2. The zero-order valence-electron chi connectivity index (χ0n) is 17.2. The van der Waals surface area contributed by atoms with Gasteiger partial charge in [-0.25, -0.2) is 4.79 Å². The van der Waals surface area contributed by atoms with E-state index in [4.69, 9.17) is 0 Å². The summed E-state index contributed by atoms with van der Waals surface area (Å²) >= 11 is 0.